The summed E-state index contributed by atoms with van der Waals surface area (Å²) in [6, 6.07) is 0. The lowest BCUT2D eigenvalue weighted by molar-refractivity contribution is -0.173. The van der Waals surface area contributed by atoms with Crippen molar-refractivity contribution in [1.82, 2.24) is 5.32 Å². The summed E-state index contributed by atoms with van der Waals surface area (Å²) in [5, 5.41) is 3.22. The molecule has 5 heteroatoms. The highest BCUT2D eigenvalue weighted by molar-refractivity contribution is 4.90. The van der Waals surface area contributed by atoms with E-state index in [1.807, 2.05) is 0 Å². The molecule has 0 aromatic heterocycles. The normalized spacial score (nSPS) is 19.2. The molecule has 0 heterocycles. The minimum atomic E-state index is -4.20. The number of rotatable bonds is 7. The summed E-state index contributed by atoms with van der Waals surface area (Å²) >= 11 is 0. The summed E-state index contributed by atoms with van der Waals surface area (Å²) in [4.78, 5) is 0. The van der Waals surface area contributed by atoms with Gasteiger partial charge in [0, 0.05) is 13.2 Å². The lowest BCUT2D eigenvalue weighted by Gasteiger charge is -2.10. The topological polar surface area (TPSA) is 21.3 Å². The average Bonchev–Trinajstić information content (AvgIpc) is 2.81. The first-order valence-electron chi connectivity index (χ1n) is 5.27. The maximum Gasteiger partial charge on any atom is 0.411 e. The van der Waals surface area contributed by atoms with Crippen LogP contribution in [0.2, 0.25) is 0 Å². The number of halogens is 3. The average molecular weight is 225 g/mol. The minimum absolute atomic E-state index is 0.170. The highest BCUT2D eigenvalue weighted by atomic mass is 19.4. The zero-order valence-electron chi connectivity index (χ0n) is 8.99. The summed E-state index contributed by atoms with van der Waals surface area (Å²) in [7, 11) is 0. The van der Waals surface area contributed by atoms with E-state index in [-0.39, 0.29) is 6.61 Å². The molecule has 15 heavy (non-hydrogen) atoms. The molecular formula is C10H18F3NO. The molecule has 1 fully saturated rings. The zero-order chi connectivity index (χ0) is 11.4. The number of hydrogen-bond acceptors (Lipinski definition) is 2. The molecule has 1 aliphatic rings. The summed E-state index contributed by atoms with van der Waals surface area (Å²) in [5.41, 5.74) is 0.451. The number of hydrogen-bond donors (Lipinski definition) is 1. The van der Waals surface area contributed by atoms with Crippen LogP contribution in [0.15, 0.2) is 0 Å². The molecule has 0 radical (unpaired) electrons. The van der Waals surface area contributed by atoms with Gasteiger partial charge in [-0.05, 0) is 31.2 Å². The number of alkyl halides is 3. The van der Waals surface area contributed by atoms with Gasteiger partial charge < -0.3 is 10.1 Å². The standard InChI is InChI=1S/C10H18F3NO/c1-9(3-4-9)7-14-5-2-6-15-8-10(11,12)13/h14H,2-8H2,1H3. The molecule has 0 atom stereocenters. The van der Waals surface area contributed by atoms with Crippen molar-refractivity contribution in [3.63, 3.8) is 0 Å². The largest absolute Gasteiger partial charge is 0.411 e. The fraction of sp³-hybridized carbons (Fsp3) is 1.00. The molecule has 0 aromatic rings. The predicted octanol–water partition coefficient (Wildman–Crippen LogP) is 2.35. The SMILES string of the molecule is CC1(CNCCCOCC(F)(F)F)CC1. The van der Waals surface area contributed by atoms with Crippen LogP contribution >= 0.6 is 0 Å². The van der Waals surface area contributed by atoms with Gasteiger partial charge in [-0.1, -0.05) is 6.92 Å². The van der Waals surface area contributed by atoms with Gasteiger partial charge in [0.2, 0.25) is 0 Å². The maximum atomic E-state index is 11.7. The number of nitrogens with one attached hydrogen (secondary N) is 1. The molecule has 1 rings (SSSR count). The lowest BCUT2D eigenvalue weighted by Crippen LogP contribution is -2.24. The fourth-order valence-corrected chi connectivity index (χ4v) is 1.27. The van der Waals surface area contributed by atoms with Gasteiger partial charge in [0.1, 0.15) is 6.61 Å². The third kappa shape index (κ3) is 6.73. The Kier molecular flexibility index (Phi) is 4.40. The van der Waals surface area contributed by atoms with Crippen LogP contribution < -0.4 is 5.32 Å². The molecule has 0 aliphatic heterocycles. The molecular weight excluding hydrogens is 207 g/mol. The Morgan fingerprint density at radius 2 is 2.00 bits per heavy atom. The van der Waals surface area contributed by atoms with Crippen molar-refractivity contribution in [1.29, 1.82) is 0 Å². The minimum Gasteiger partial charge on any atom is -0.372 e. The Labute approximate surface area is 88.2 Å². The van der Waals surface area contributed by atoms with E-state index in [2.05, 4.69) is 17.0 Å². The van der Waals surface area contributed by atoms with Crippen LogP contribution in [-0.2, 0) is 4.74 Å². The van der Waals surface area contributed by atoms with Crippen molar-refractivity contribution in [2.24, 2.45) is 5.41 Å². The van der Waals surface area contributed by atoms with Gasteiger partial charge in [-0.2, -0.15) is 13.2 Å². The van der Waals surface area contributed by atoms with E-state index in [1.165, 1.54) is 12.8 Å². The van der Waals surface area contributed by atoms with Gasteiger partial charge in [-0.25, -0.2) is 0 Å². The van der Waals surface area contributed by atoms with Crippen molar-refractivity contribution in [2.75, 3.05) is 26.3 Å². The second-order valence-electron chi connectivity index (χ2n) is 4.51. The first-order valence-corrected chi connectivity index (χ1v) is 5.27. The molecule has 90 valence electrons. The van der Waals surface area contributed by atoms with E-state index in [0.717, 1.165) is 13.1 Å². The third-order valence-corrected chi connectivity index (χ3v) is 2.56. The Bertz CT molecular complexity index is 180. The molecule has 1 saturated carbocycles. The molecule has 0 unspecified atom stereocenters. The monoisotopic (exact) mass is 225 g/mol. The second kappa shape index (κ2) is 5.16. The Morgan fingerprint density at radius 1 is 1.33 bits per heavy atom. The summed E-state index contributed by atoms with van der Waals surface area (Å²) in [5.74, 6) is 0. The first-order chi connectivity index (χ1) is 6.91. The van der Waals surface area contributed by atoms with Gasteiger partial charge in [-0.15, -0.1) is 0 Å². The van der Waals surface area contributed by atoms with Crippen molar-refractivity contribution in [3.8, 4) is 0 Å². The lowest BCUT2D eigenvalue weighted by atomic mass is 10.1. The van der Waals surface area contributed by atoms with E-state index in [1.54, 1.807) is 0 Å². The van der Waals surface area contributed by atoms with Crippen LogP contribution in [0, 0.1) is 5.41 Å². The van der Waals surface area contributed by atoms with Crippen LogP contribution in [-0.4, -0.2) is 32.5 Å². The van der Waals surface area contributed by atoms with E-state index >= 15 is 0 Å². The zero-order valence-corrected chi connectivity index (χ0v) is 8.99. The van der Waals surface area contributed by atoms with Crippen LogP contribution in [0.4, 0.5) is 13.2 Å². The molecule has 0 spiro atoms. The molecule has 1 N–H and O–H groups in total. The van der Waals surface area contributed by atoms with E-state index in [4.69, 9.17) is 0 Å². The molecule has 1 aliphatic carbocycles. The van der Waals surface area contributed by atoms with E-state index < -0.39 is 12.8 Å². The Balaban J connectivity index is 1.81. The molecule has 0 saturated heterocycles. The maximum absolute atomic E-state index is 11.7. The quantitative estimate of drug-likeness (QED) is 0.671. The molecule has 0 bridgehead atoms. The highest BCUT2D eigenvalue weighted by Gasteiger charge is 2.36. The van der Waals surface area contributed by atoms with Gasteiger partial charge in [-0.3, -0.25) is 0 Å². The van der Waals surface area contributed by atoms with Gasteiger partial charge in [0.15, 0.2) is 0 Å². The smallest absolute Gasteiger partial charge is 0.372 e. The number of ether oxygens (including phenoxy) is 1. The summed E-state index contributed by atoms with van der Waals surface area (Å²) < 4.78 is 39.4. The van der Waals surface area contributed by atoms with Crippen LogP contribution in [0.1, 0.15) is 26.2 Å². The molecule has 0 aromatic carbocycles. The third-order valence-electron chi connectivity index (χ3n) is 2.56. The van der Waals surface area contributed by atoms with Crippen molar-refractivity contribution < 1.29 is 17.9 Å². The highest BCUT2D eigenvalue weighted by Crippen LogP contribution is 2.43. The fourth-order valence-electron chi connectivity index (χ4n) is 1.27. The van der Waals surface area contributed by atoms with Crippen LogP contribution in [0.3, 0.4) is 0 Å². The first kappa shape index (κ1) is 12.8. The van der Waals surface area contributed by atoms with Crippen LogP contribution in [0.5, 0.6) is 0 Å². The molecule has 0 amide bonds. The van der Waals surface area contributed by atoms with E-state index in [0.29, 0.717) is 11.8 Å². The summed E-state index contributed by atoms with van der Waals surface area (Å²) in [6.45, 7) is 2.94. The van der Waals surface area contributed by atoms with Crippen molar-refractivity contribution in [3.05, 3.63) is 0 Å². The Morgan fingerprint density at radius 3 is 2.53 bits per heavy atom. The second-order valence-corrected chi connectivity index (χ2v) is 4.51. The molecule has 2 nitrogen and oxygen atoms in total. The van der Waals surface area contributed by atoms with Crippen molar-refractivity contribution >= 4 is 0 Å². The van der Waals surface area contributed by atoms with Crippen LogP contribution in [0.25, 0.3) is 0 Å². The van der Waals surface area contributed by atoms with E-state index in [9.17, 15) is 13.2 Å². The van der Waals surface area contributed by atoms with Gasteiger partial charge >= 0.3 is 6.18 Å². The van der Waals surface area contributed by atoms with Gasteiger partial charge in [0.25, 0.3) is 0 Å². The van der Waals surface area contributed by atoms with Crippen molar-refractivity contribution in [2.45, 2.75) is 32.4 Å². The summed E-state index contributed by atoms with van der Waals surface area (Å²) in [6.07, 6.45) is -1.06. The van der Waals surface area contributed by atoms with Gasteiger partial charge in [0.05, 0.1) is 0 Å². The Hall–Kier alpha value is -0.290. The predicted molar refractivity (Wildman–Crippen MR) is 51.7 cm³/mol.